The molecular formula is C18H31IN6O. The summed E-state index contributed by atoms with van der Waals surface area (Å²) in [5, 5.41) is 3.37. The second-order valence-electron chi connectivity index (χ2n) is 6.71. The molecule has 0 aromatic carbocycles. The maximum absolute atomic E-state index is 11.2. The molecule has 1 aromatic rings. The van der Waals surface area contributed by atoms with Crippen LogP contribution in [0.3, 0.4) is 0 Å². The molecule has 0 aliphatic carbocycles. The molecule has 8 heteroatoms. The summed E-state index contributed by atoms with van der Waals surface area (Å²) < 4.78 is 0. The van der Waals surface area contributed by atoms with Gasteiger partial charge in [-0.3, -0.25) is 4.79 Å². The van der Waals surface area contributed by atoms with E-state index in [1.807, 2.05) is 31.3 Å². The number of pyridine rings is 1. The van der Waals surface area contributed by atoms with Gasteiger partial charge in [0.15, 0.2) is 5.96 Å². The van der Waals surface area contributed by atoms with Crippen LogP contribution >= 0.6 is 24.0 Å². The van der Waals surface area contributed by atoms with Gasteiger partial charge in [-0.1, -0.05) is 0 Å². The fourth-order valence-corrected chi connectivity index (χ4v) is 3.10. The number of guanidine groups is 1. The zero-order valence-corrected chi connectivity index (χ0v) is 18.3. The van der Waals surface area contributed by atoms with Gasteiger partial charge >= 0.3 is 0 Å². The maximum atomic E-state index is 11.2. The normalized spacial score (nSPS) is 17.4. The Labute approximate surface area is 173 Å². The predicted octanol–water partition coefficient (Wildman–Crippen LogP) is 1.82. The number of hydrogen-bond donors (Lipinski definition) is 2. The standard InChI is InChI=1S/C18H30N6O.HI/c1-4-20-18(24-9-5-6-15(13-24)10-16(19)25)22-12-14-7-8-21-17(11-14)23(2)3;/h7-8,11,15H,4-6,9-10,12-13H2,1-3H3,(H2,19,25)(H,20,22);1H. The Kier molecular flexibility index (Phi) is 9.68. The predicted molar refractivity (Wildman–Crippen MR) is 117 cm³/mol. The Bertz CT molecular complexity index is 607. The summed E-state index contributed by atoms with van der Waals surface area (Å²) in [5.74, 6) is 1.93. The van der Waals surface area contributed by atoms with Crippen molar-refractivity contribution in [2.24, 2.45) is 16.6 Å². The number of carbonyl (C=O) groups excluding carboxylic acids is 1. The summed E-state index contributed by atoms with van der Waals surface area (Å²) in [5.41, 5.74) is 6.49. The third kappa shape index (κ3) is 6.97. The fraction of sp³-hybridized carbons (Fsp3) is 0.611. The van der Waals surface area contributed by atoms with Crippen molar-refractivity contribution in [2.75, 3.05) is 38.6 Å². The first-order chi connectivity index (χ1) is 12.0. The molecule has 1 saturated heterocycles. The van der Waals surface area contributed by atoms with Gasteiger partial charge in [-0.05, 0) is 43.4 Å². The molecule has 1 amide bonds. The smallest absolute Gasteiger partial charge is 0.217 e. The molecule has 1 fully saturated rings. The minimum absolute atomic E-state index is 0. The minimum Gasteiger partial charge on any atom is -0.370 e. The van der Waals surface area contributed by atoms with Gasteiger partial charge in [0.25, 0.3) is 0 Å². The molecule has 1 atom stereocenters. The van der Waals surface area contributed by atoms with Crippen LogP contribution in [0.1, 0.15) is 31.7 Å². The lowest BCUT2D eigenvalue weighted by atomic mass is 9.95. The summed E-state index contributed by atoms with van der Waals surface area (Å²) in [4.78, 5) is 24.6. The van der Waals surface area contributed by atoms with E-state index in [-0.39, 0.29) is 29.9 Å². The lowest BCUT2D eigenvalue weighted by Gasteiger charge is -2.34. The molecule has 7 nitrogen and oxygen atoms in total. The number of likely N-dealkylation sites (tertiary alicyclic amines) is 1. The Morgan fingerprint density at radius 1 is 1.50 bits per heavy atom. The van der Waals surface area contributed by atoms with Crippen LogP contribution in [0.15, 0.2) is 23.3 Å². The van der Waals surface area contributed by atoms with Crippen molar-refractivity contribution >= 4 is 41.7 Å². The monoisotopic (exact) mass is 474 g/mol. The average Bonchev–Trinajstić information content (AvgIpc) is 2.58. The van der Waals surface area contributed by atoms with Crippen LogP contribution in [0.2, 0.25) is 0 Å². The van der Waals surface area contributed by atoms with E-state index >= 15 is 0 Å². The molecule has 1 unspecified atom stereocenters. The molecule has 1 aliphatic rings. The first-order valence-electron chi connectivity index (χ1n) is 8.93. The molecule has 1 aromatic heterocycles. The van der Waals surface area contributed by atoms with E-state index in [1.54, 1.807) is 0 Å². The number of nitrogens with zero attached hydrogens (tertiary/aromatic N) is 4. The van der Waals surface area contributed by atoms with E-state index in [0.29, 0.717) is 18.9 Å². The molecule has 26 heavy (non-hydrogen) atoms. The van der Waals surface area contributed by atoms with E-state index in [4.69, 9.17) is 10.7 Å². The minimum atomic E-state index is -0.221. The lowest BCUT2D eigenvalue weighted by Crippen LogP contribution is -2.47. The number of piperidine rings is 1. The van der Waals surface area contributed by atoms with E-state index in [2.05, 4.69) is 28.2 Å². The number of primary amides is 1. The van der Waals surface area contributed by atoms with Crippen LogP contribution < -0.4 is 16.0 Å². The quantitative estimate of drug-likeness (QED) is 0.373. The second-order valence-corrected chi connectivity index (χ2v) is 6.71. The fourth-order valence-electron chi connectivity index (χ4n) is 3.10. The molecule has 1 aliphatic heterocycles. The van der Waals surface area contributed by atoms with Gasteiger partial charge in [-0.2, -0.15) is 0 Å². The summed E-state index contributed by atoms with van der Waals surface area (Å²) in [6, 6.07) is 4.05. The summed E-state index contributed by atoms with van der Waals surface area (Å²) in [6.07, 6.45) is 4.38. The topological polar surface area (TPSA) is 86.8 Å². The summed E-state index contributed by atoms with van der Waals surface area (Å²) >= 11 is 0. The summed E-state index contributed by atoms with van der Waals surface area (Å²) in [6.45, 7) is 5.27. The van der Waals surface area contributed by atoms with Gasteiger partial charge in [0.05, 0.1) is 6.54 Å². The van der Waals surface area contributed by atoms with Crippen molar-refractivity contribution in [3.8, 4) is 0 Å². The Morgan fingerprint density at radius 3 is 2.92 bits per heavy atom. The number of hydrogen-bond acceptors (Lipinski definition) is 4. The van der Waals surface area contributed by atoms with E-state index < -0.39 is 0 Å². The van der Waals surface area contributed by atoms with Crippen LogP contribution in [-0.2, 0) is 11.3 Å². The summed E-state index contributed by atoms with van der Waals surface area (Å²) in [7, 11) is 3.96. The van der Waals surface area contributed by atoms with Gasteiger partial charge in [0, 0.05) is 46.3 Å². The molecule has 0 spiro atoms. The molecule has 2 rings (SSSR count). The van der Waals surface area contributed by atoms with Crippen LogP contribution in [0, 0.1) is 5.92 Å². The van der Waals surface area contributed by atoms with Crippen LogP contribution in [0.5, 0.6) is 0 Å². The molecule has 3 N–H and O–H groups in total. The van der Waals surface area contributed by atoms with Crippen molar-refractivity contribution in [1.29, 1.82) is 0 Å². The average molecular weight is 474 g/mol. The first kappa shape index (κ1) is 22.5. The first-order valence-corrected chi connectivity index (χ1v) is 8.93. The number of nitrogens with one attached hydrogen (secondary N) is 1. The SMILES string of the molecule is CCNC(=NCc1ccnc(N(C)C)c1)N1CCCC(CC(N)=O)C1.I. The van der Waals surface area contributed by atoms with Crippen LogP contribution in [0.4, 0.5) is 5.82 Å². The number of aromatic nitrogens is 1. The highest BCUT2D eigenvalue weighted by Gasteiger charge is 2.23. The van der Waals surface area contributed by atoms with Gasteiger partial charge in [-0.25, -0.2) is 9.98 Å². The zero-order chi connectivity index (χ0) is 18.2. The number of rotatable bonds is 6. The van der Waals surface area contributed by atoms with Gasteiger partial charge in [0.1, 0.15) is 5.82 Å². The van der Waals surface area contributed by atoms with Crippen LogP contribution in [-0.4, -0.2) is 55.5 Å². The van der Waals surface area contributed by atoms with Crippen molar-refractivity contribution in [1.82, 2.24) is 15.2 Å². The molecule has 146 valence electrons. The van der Waals surface area contributed by atoms with Gasteiger partial charge in [-0.15, -0.1) is 24.0 Å². The van der Waals surface area contributed by atoms with Crippen LogP contribution in [0.25, 0.3) is 0 Å². The maximum Gasteiger partial charge on any atom is 0.217 e. The Morgan fingerprint density at radius 2 is 2.27 bits per heavy atom. The highest BCUT2D eigenvalue weighted by Crippen LogP contribution is 2.19. The third-order valence-corrected chi connectivity index (χ3v) is 4.32. The molecule has 0 radical (unpaired) electrons. The van der Waals surface area contributed by atoms with Crippen molar-refractivity contribution < 1.29 is 4.79 Å². The van der Waals surface area contributed by atoms with Crippen molar-refractivity contribution in [3.63, 3.8) is 0 Å². The number of nitrogens with two attached hydrogens (primary N) is 1. The van der Waals surface area contributed by atoms with Crippen molar-refractivity contribution in [3.05, 3.63) is 23.9 Å². The number of carbonyl (C=O) groups is 1. The van der Waals surface area contributed by atoms with E-state index in [9.17, 15) is 4.79 Å². The Hall–Kier alpha value is -1.58. The molecule has 0 saturated carbocycles. The lowest BCUT2D eigenvalue weighted by molar-refractivity contribution is -0.119. The third-order valence-electron chi connectivity index (χ3n) is 4.32. The van der Waals surface area contributed by atoms with E-state index in [1.165, 1.54) is 0 Å². The highest BCUT2D eigenvalue weighted by molar-refractivity contribution is 14.0. The number of halogens is 1. The zero-order valence-electron chi connectivity index (χ0n) is 15.9. The number of aliphatic imine (C=N–C) groups is 1. The molecule has 0 bridgehead atoms. The number of anilines is 1. The largest absolute Gasteiger partial charge is 0.370 e. The van der Waals surface area contributed by atoms with Crippen molar-refractivity contribution in [2.45, 2.75) is 32.7 Å². The number of amides is 1. The van der Waals surface area contributed by atoms with Gasteiger partial charge in [0.2, 0.25) is 5.91 Å². The highest BCUT2D eigenvalue weighted by atomic mass is 127. The molecule has 2 heterocycles. The second kappa shape index (κ2) is 11.2. The van der Waals surface area contributed by atoms with E-state index in [0.717, 1.165) is 49.8 Å². The molecular weight excluding hydrogens is 443 g/mol. The Balaban J connectivity index is 0.00000338. The van der Waals surface area contributed by atoms with Gasteiger partial charge < -0.3 is 20.9 Å².